The van der Waals surface area contributed by atoms with Gasteiger partial charge in [0.05, 0.1) is 0 Å². The standard InChI is InChI=1S/C13H27N3/c1-15(2)12-6-4-8-16(10-12)13-7-3-5-11(13)9-14/h11-13H,3-10,14H2,1-2H3. The predicted molar refractivity (Wildman–Crippen MR) is 68.5 cm³/mol. The van der Waals surface area contributed by atoms with Gasteiger partial charge in [-0.05, 0) is 58.8 Å². The molecule has 0 radical (unpaired) electrons. The van der Waals surface area contributed by atoms with Gasteiger partial charge in [-0.3, -0.25) is 4.90 Å². The molecule has 3 heteroatoms. The molecule has 2 aliphatic rings. The highest BCUT2D eigenvalue weighted by molar-refractivity contribution is 4.90. The van der Waals surface area contributed by atoms with E-state index in [0.29, 0.717) is 0 Å². The Morgan fingerprint density at radius 3 is 2.69 bits per heavy atom. The van der Waals surface area contributed by atoms with Gasteiger partial charge < -0.3 is 10.6 Å². The highest BCUT2D eigenvalue weighted by atomic mass is 15.2. The van der Waals surface area contributed by atoms with Crippen LogP contribution >= 0.6 is 0 Å². The number of likely N-dealkylation sites (N-methyl/N-ethyl adjacent to an activating group) is 1. The average molecular weight is 225 g/mol. The summed E-state index contributed by atoms with van der Waals surface area (Å²) in [6.45, 7) is 3.44. The van der Waals surface area contributed by atoms with Crippen LogP contribution in [-0.4, -0.2) is 55.6 Å². The fraction of sp³-hybridized carbons (Fsp3) is 1.00. The van der Waals surface area contributed by atoms with E-state index in [1.807, 2.05) is 0 Å². The summed E-state index contributed by atoms with van der Waals surface area (Å²) in [7, 11) is 4.42. The fourth-order valence-corrected chi connectivity index (χ4v) is 3.48. The second-order valence-corrected chi connectivity index (χ2v) is 5.75. The Hall–Kier alpha value is -0.120. The van der Waals surface area contributed by atoms with E-state index in [9.17, 15) is 0 Å². The normalized spacial score (nSPS) is 37.1. The molecule has 0 amide bonds. The van der Waals surface area contributed by atoms with Gasteiger partial charge >= 0.3 is 0 Å². The molecule has 1 saturated heterocycles. The molecule has 0 aromatic carbocycles. The smallest absolute Gasteiger partial charge is 0.0217 e. The Morgan fingerprint density at radius 2 is 2.00 bits per heavy atom. The minimum Gasteiger partial charge on any atom is -0.330 e. The number of nitrogens with two attached hydrogens (primary N) is 1. The van der Waals surface area contributed by atoms with Gasteiger partial charge in [0, 0.05) is 18.6 Å². The molecule has 1 heterocycles. The van der Waals surface area contributed by atoms with Crippen molar-refractivity contribution >= 4 is 0 Å². The fourth-order valence-electron chi connectivity index (χ4n) is 3.48. The predicted octanol–water partition coefficient (Wildman–Crippen LogP) is 1.14. The highest BCUT2D eigenvalue weighted by Crippen LogP contribution is 2.31. The van der Waals surface area contributed by atoms with Crippen molar-refractivity contribution in [3.8, 4) is 0 Å². The second-order valence-electron chi connectivity index (χ2n) is 5.75. The summed E-state index contributed by atoms with van der Waals surface area (Å²) < 4.78 is 0. The zero-order valence-corrected chi connectivity index (χ0v) is 10.9. The van der Waals surface area contributed by atoms with Crippen LogP contribution in [0.2, 0.25) is 0 Å². The minimum atomic E-state index is 0.757. The molecule has 3 nitrogen and oxygen atoms in total. The lowest BCUT2D eigenvalue weighted by Crippen LogP contribution is -2.50. The maximum atomic E-state index is 5.89. The van der Waals surface area contributed by atoms with Crippen molar-refractivity contribution in [2.45, 2.75) is 44.2 Å². The van der Waals surface area contributed by atoms with Crippen molar-refractivity contribution in [3.63, 3.8) is 0 Å². The van der Waals surface area contributed by atoms with Gasteiger partial charge in [0.2, 0.25) is 0 Å². The van der Waals surface area contributed by atoms with Crippen LogP contribution in [0.15, 0.2) is 0 Å². The first kappa shape index (κ1) is 12.3. The first-order valence-corrected chi connectivity index (χ1v) is 6.83. The average Bonchev–Trinajstić information content (AvgIpc) is 2.77. The maximum Gasteiger partial charge on any atom is 0.0217 e. The van der Waals surface area contributed by atoms with E-state index in [4.69, 9.17) is 5.73 Å². The third kappa shape index (κ3) is 2.58. The van der Waals surface area contributed by atoms with Crippen molar-refractivity contribution in [1.29, 1.82) is 0 Å². The SMILES string of the molecule is CN(C)C1CCCN(C2CCCC2CN)C1. The Morgan fingerprint density at radius 1 is 1.19 bits per heavy atom. The summed E-state index contributed by atoms with van der Waals surface area (Å²) in [5.74, 6) is 0.765. The summed E-state index contributed by atoms with van der Waals surface area (Å²) in [5.41, 5.74) is 5.89. The summed E-state index contributed by atoms with van der Waals surface area (Å²) in [5, 5.41) is 0. The summed E-state index contributed by atoms with van der Waals surface area (Å²) in [6.07, 6.45) is 6.84. The monoisotopic (exact) mass is 225 g/mol. The molecular formula is C13H27N3. The van der Waals surface area contributed by atoms with Crippen LogP contribution in [-0.2, 0) is 0 Å². The van der Waals surface area contributed by atoms with E-state index in [1.165, 1.54) is 45.2 Å². The molecule has 2 N–H and O–H groups in total. The number of hydrogen-bond donors (Lipinski definition) is 1. The Bertz CT molecular complexity index is 217. The quantitative estimate of drug-likeness (QED) is 0.782. The van der Waals surface area contributed by atoms with Crippen molar-refractivity contribution in [2.24, 2.45) is 11.7 Å². The number of piperidine rings is 1. The Labute approximate surface area is 100.0 Å². The molecule has 0 aromatic heterocycles. The van der Waals surface area contributed by atoms with Crippen molar-refractivity contribution in [2.75, 3.05) is 33.7 Å². The molecule has 2 rings (SSSR count). The van der Waals surface area contributed by atoms with Gasteiger partial charge in [0.25, 0.3) is 0 Å². The molecule has 0 bridgehead atoms. The zero-order chi connectivity index (χ0) is 11.5. The lowest BCUT2D eigenvalue weighted by Gasteiger charge is -2.41. The van der Waals surface area contributed by atoms with Gasteiger partial charge in [-0.1, -0.05) is 6.42 Å². The van der Waals surface area contributed by atoms with E-state index in [2.05, 4.69) is 23.9 Å². The molecule has 1 saturated carbocycles. The van der Waals surface area contributed by atoms with E-state index in [1.54, 1.807) is 0 Å². The molecule has 1 aliphatic carbocycles. The van der Waals surface area contributed by atoms with Crippen LogP contribution in [0.25, 0.3) is 0 Å². The Kier molecular flexibility index (Phi) is 4.22. The van der Waals surface area contributed by atoms with Gasteiger partial charge in [-0.2, -0.15) is 0 Å². The Balaban J connectivity index is 1.93. The molecule has 0 aromatic rings. The molecule has 1 aliphatic heterocycles. The molecular weight excluding hydrogens is 198 g/mol. The number of rotatable bonds is 3. The van der Waals surface area contributed by atoms with E-state index >= 15 is 0 Å². The summed E-state index contributed by atoms with van der Waals surface area (Å²) in [6, 6.07) is 1.54. The molecule has 94 valence electrons. The highest BCUT2D eigenvalue weighted by Gasteiger charge is 2.34. The molecule has 0 spiro atoms. The van der Waals surface area contributed by atoms with Crippen molar-refractivity contribution in [1.82, 2.24) is 9.80 Å². The van der Waals surface area contributed by atoms with E-state index in [-0.39, 0.29) is 0 Å². The maximum absolute atomic E-state index is 5.89. The largest absolute Gasteiger partial charge is 0.330 e. The zero-order valence-electron chi connectivity index (χ0n) is 10.9. The van der Waals surface area contributed by atoms with Gasteiger partial charge in [-0.15, -0.1) is 0 Å². The topological polar surface area (TPSA) is 32.5 Å². The van der Waals surface area contributed by atoms with E-state index in [0.717, 1.165) is 24.5 Å². The van der Waals surface area contributed by atoms with Crippen LogP contribution in [0.3, 0.4) is 0 Å². The first-order valence-electron chi connectivity index (χ1n) is 6.83. The minimum absolute atomic E-state index is 0.757. The molecule has 2 fully saturated rings. The molecule has 3 unspecified atom stereocenters. The summed E-state index contributed by atoms with van der Waals surface area (Å²) >= 11 is 0. The third-order valence-electron chi connectivity index (χ3n) is 4.55. The number of nitrogens with zero attached hydrogens (tertiary/aromatic N) is 2. The van der Waals surface area contributed by atoms with Gasteiger partial charge in [0.15, 0.2) is 0 Å². The number of likely N-dealkylation sites (tertiary alicyclic amines) is 1. The first-order chi connectivity index (χ1) is 7.72. The van der Waals surface area contributed by atoms with Crippen molar-refractivity contribution in [3.05, 3.63) is 0 Å². The van der Waals surface area contributed by atoms with E-state index < -0.39 is 0 Å². The van der Waals surface area contributed by atoms with Crippen molar-refractivity contribution < 1.29 is 0 Å². The molecule has 3 atom stereocenters. The lowest BCUT2D eigenvalue weighted by atomic mass is 9.97. The second kappa shape index (κ2) is 5.48. The third-order valence-corrected chi connectivity index (χ3v) is 4.55. The summed E-state index contributed by atoms with van der Waals surface area (Å²) in [4.78, 5) is 5.11. The van der Waals surface area contributed by atoms with Crippen LogP contribution in [0, 0.1) is 5.92 Å². The van der Waals surface area contributed by atoms with Crippen LogP contribution in [0.1, 0.15) is 32.1 Å². The van der Waals surface area contributed by atoms with Crippen LogP contribution < -0.4 is 5.73 Å². The lowest BCUT2D eigenvalue weighted by molar-refractivity contribution is 0.0804. The number of hydrogen-bond acceptors (Lipinski definition) is 3. The van der Waals surface area contributed by atoms with Gasteiger partial charge in [-0.25, -0.2) is 0 Å². The van der Waals surface area contributed by atoms with Crippen LogP contribution in [0.5, 0.6) is 0 Å². The van der Waals surface area contributed by atoms with Crippen LogP contribution in [0.4, 0.5) is 0 Å². The molecule has 16 heavy (non-hydrogen) atoms. The van der Waals surface area contributed by atoms with Gasteiger partial charge in [0.1, 0.15) is 0 Å².